The first-order valence-corrected chi connectivity index (χ1v) is 15.0. The van der Waals surface area contributed by atoms with Crippen molar-refractivity contribution in [1.82, 2.24) is 25.2 Å². The van der Waals surface area contributed by atoms with E-state index in [9.17, 15) is 26.7 Å². The van der Waals surface area contributed by atoms with Gasteiger partial charge in [-0.25, -0.2) is 23.1 Å². The Morgan fingerprint density at radius 1 is 1.02 bits per heavy atom. The molecule has 1 aliphatic heterocycles. The molecule has 0 radical (unpaired) electrons. The molecule has 2 heterocycles. The minimum absolute atomic E-state index is 0.102. The van der Waals surface area contributed by atoms with Gasteiger partial charge in [0.15, 0.2) is 23.1 Å². The Labute approximate surface area is 273 Å². The first-order chi connectivity index (χ1) is 22.8. The number of hydrogen-bond acceptors (Lipinski definition) is 8. The molecule has 17 heteroatoms. The number of alkyl halides is 3. The minimum Gasteiger partial charge on any atom is -0.493 e. The van der Waals surface area contributed by atoms with Crippen molar-refractivity contribution in [3.05, 3.63) is 65.5 Å². The van der Waals surface area contributed by atoms with Crippen molar-refractivity contribution < 1.29 is 50.9 Å². The number of rotatable bonds is 10. The summed E-state index contributed by atoms with van der Waals surface area (Å²) in [5.41, 5.74) is 2.16. The Morgan fingerprint density at radius 3 is 2.40 bits per heavy atom. The highest BCUT2D eigenvalue weighted by Gasteiger charge is 2.51. The Hall–Kier alpha value is -4.51. The number of carboxylic acid groups (broad SMARTS) is 1. The third kappa shape index (κ3) is 8.49. The van der Waals surface area contributed by atoms with Crippen molar-refractivity contribution in [3.8, 4) is 11.5 Å². The van der Waals surface area contributed by atoms with E-state index in [4.69, 9.17) is 24.1 Å². The number of anilines is 1. The molecule has 2 amide bonds. The lowest BCUT2D eigenvalue weighted by molar-refractivity contribution is -0.192. The maximum absolute atomic E-state index is 13.6. The number of benzene rings is 2. The Balaban J connectivity index is 0.000000671. The van der Waals surface area contributed by atoms with Gasteiger partial charge in [-0.3, -0.25) is 4.90 Å². The predicted octanol–water partition coefficient (Wildman–Crippen LogP) is 4.74. The van der Waals surface area contributed by atoms with Gasteiger partial charge in [0.25, 0.3) is 0 Å². The van der Waals surface area contributed by atoms with Crippen LogP contribution in [0.25, 0.3) is 0 Å². The van der Waals surface area contributed by atoms with Gasteiger partial charge in [-0.2, -0.15) is 13.2 Å². The summed E-state index contributed by atoms with van der Waals surface area (Å²) in [7, 11) is 4.91. The number of amides is 2. The highest BCUT2D eigenvalue weighted by molar-refractivity contribution is 5.89. The van der Waals surface area contributed by atoms with Crippen molar-refractivity contribution in [1.29, 1.82) is 0 Å². The lowest BCUT2D eigenvalue weighted by Gasteiger charge is -2.45. The van der Waals surface area contributed by atoms with E-state index in [2.05, 4.69) is 38.0 Å². The number of hydrogen-bond donors (Lipinski definition) is 3. The molecule has 0 spiro atoms. The van der Waals surface area contributed by atoms with Crippen molar-refractivity contribution in [2.24, 2.45) is 0 Å². The number of carbonyl (C=O) groups excluding carboxylic acids is 1. The van der Waals surface area contributed by atoms with Crippen LogP contribution in [0.4, 0.5) is 32.4 Å². The van der Waals surface area contributed by atoms with Crippen LogP contribution < -0.4 is 20.1 Å². The van der Waals surface area contributed by atoms with Crippen molar-refractivity contribution >= 4 is 17.7 Å². The molecule has 2 fully saturated rings. The fourth-order valence-electron chi connectivity index (χ4n) is 6.40. The number of ether oxygens (including phenoxy) is 3. The van der Waals surface area contributed by atoms with Gasteiger partial charge in [-0.1, -0.05) is 11.3 Å². The molecule has 48 heavy (non-hydrogen) atoms. The molecular formula is C31H37F5N6O6. The van der Waals surface area contributed by atoms with Crippen LogP contribution in [0.2, 0.25) is 0 Å². The molecule has 3 atom stereocenters. The first kappa shape index (κ1) is 36.3. The lowest BCUT2D eigenvalue weighted by Crippen LogP contribution is -2.53. The van der Waals surface area contributed by atoms with Crippen LogP contribution in [0.1, 0.15) is 36.9 Å². The third-order valence-electron chi connectivity index (χ3n) is 8.67. The van der Waals surface area contributed by atoms with Crippen molar-refractivity contribution in [2.45, 2.75) is 62.5 Å². The molecule has 1 saturated heterocycles. The summed E-state index contributed by atoms with van der Waals surface area (Å²) in [5, 5.41) is 21.1. The smallest absolute Gasteiger partial charge is 0.490 e. The van der Waals surface area contributed by atoms with Gasteiger partial charge in [0, 0.05) is 42.9 Å². The molecule has 1 aliphatic carbocycles. The number of aliphatic carboxylic acids is 1. The summed E-state index contributed by atoms with van der Waals surface area (Å²) in [6, 6.07) is 9.03. The quantitative estimate of drug-likeness (QED) is 0.259. The molecule has 262 valence electrons. The second kappa shape index (κ2) is 15.6. The number of nitrogens with one attached hydrogen (secondary N) is 2. The van der Waals surface area contributed by atoms with Gasteiger partial charge >= 0.3 is 18.2 Å². The second-order valence-electron chi connectivity index (χ2n) is 11.4. The average molecular weight is 685 g/mol. The van der Waals surface area contributed by atoms with Gasteiger partial charge in [0.2, 0.25) is 0 Å². The standard InChI is InChI=1S/C29H36F2N6O4.C2HF3O2/c1-39-18-22-17-32-35-37(22)13-12-36-11-10-29(19-4-7-25(40-2)26(14-19)41-3)9-8-21(16-27(29)36)34-28(38)33-20-5-6-23(30)24(31)15-20;3-2(4,5)1(6)7/h4-7,14-15,17,21,27H,8-13,16,18H2,1-3H3,(H2,33,34,38);(H,6,7). The van der Waals surface area contributed by atoms with Crippen molar-refractivity contribution in [3.63, 3.8) is 0 Å². The van der Waals surface area contributed by atoms with E-state index in [1.54, 1.807) is 27.5 Å². The lowest BCUT2D eigenvalue weighted by atomic mass is 9.65. The number of carboxylic acids is 1. The van der Waals surface area contributed by atoms with Crippen LogP contribution in [-0.4, -0.2) is 89.7 Å². The van der Waals surface area contributed by atoms with Crippen LogP contribution in [0, 0.1) is 11.6 Å². The highest BCUT2D eigenvalue weighted by atomic mass is 19.4. The molecule has 1 aromatic heterocycles. The van der Waals surface area contributed by atoms with Crippen LogP contribution >= 0.6 is 0 Å². The Kier molecular flexibility index (Phi) is 11.8. The Bertz CT molecular complexity index is 1570. The zero-order valence-corrected chi connectivity index (χ0v) is 26.5. The Morgan fingerprint density at radius 2 is 1.75 bits per heavy atom. The minimum atomic E-state index is -5.08. The maximum Gasteiger partial charge on any atom is 0.490 e. The largest absolute Gasteiger partial charge is 0.493 e. The molecule has 3 unspecified atom stereocenters. The molecule has 12 nitrogen and oxygen atoms in total. The van der Waals surface area contributed by atoms with Crippen molar-refractivity contribution in [2.75, 3.05) is 39.7 Å². The van der Waals surface area contributed by atoms with E-state index < -0.39 is 29.8 Å². The number of fused-ring (bicyclic) bond motifs is 1. The van der Waals surface area contributed by atoms with Gasteiger partial charge in [-0.05, 0) is 62.1 Å². The topological polar surface area (TPSA) is 140 Å². The summed E-state index contributed by atoms with van der Waals surface area (Å²) in [5.74, 6) is -3.36. The zero-order chi connectivity index (χ0) is 35.1. The molecule has 5 rings (SSSR count). The number of halogens is 5. The van der Waals surface area contributed by atoms with E-state index in [1.165, 1.54) is 11.6 Å². The van der Waals surface area contributed by atoms with E-state index in [0.717, 1.165) is 56.6 Å². The molecular weight excluding hydrogens is 647 g/mol. The molecule has 3 N–H and O–H groups in total. The maximum atomic E-state index is 13.6. The number of urea groups is 1. The second-order valence-corrected chi connectivity index (χ2v) is 11.4. The molecule has 2 aromatic carbocycles. The fraction of sp³-hybridized carbons (Fsp3) is 0.484. The zero-order valence-electron chi connectivity index (χ0n) is 26.5. The fourth-order valence-corrected chi connectivity index (χ4v) is 6.40. The number of methoxy groups -OCH3 is 3. The summed E-state index contributed by atoms with van der Waals surface area (Å²) < 4.78 is 77.0. The van der Waals surface area contributed by atoms with Crippen LogP contribution in [0.5, 0.6) is 11.5 Å². The van der Waals surface area contributed by atoms with Crippen LogP contribution in [0.3, 0.4) is 0 Å². The van der Waals surface area contributed by atoms with E-state index in [0.29, 0.717) is 24.7 Å². The molecule has 1 saturated carbocycles. The molecule has 3 aromatic rings. The van der Waals surface area contributed by atoms with Gasteiger partial charge in [-0.15, -0.1) is 5.10 Å². The van der Waals surface area contributed by atoms with Crippen LogP contribution in [-0.2, 0) is 28.1 Å². The van der Waals surface area contributed by atoms with Crippen LogP contribution in [0.15, 0.2) is 42.6 Å². The normalized spacial score (nSPS) is 20.7. The van der Waals surface area contributed by atoms with Gasteiger partial charge < -0.3 is 30.0 Å². The van der Waals surface area contributed by atoms with E-state index in [-0.39, 0.29) is 23.2 Å². The summed E-state index contributed by atoms with van der Waals surface area (Å²) in [6.45, 7) is 2.74. The predicted molar refractivity (Wildman–Crippen MR) is 162 cm³/mol. The SMILES string of the molecule is COCc1cnnn1CCN1CCC2(c3ccc(OC)c(OC)c3)CCC(NC(=O)Nc3ccc(F)c(F)c3)CC12.O=C(O)C(F)(F)F. The summed E-state index contributed by atoms with van der Waals surface area (Å²) in [4.78, 5) is 24.2. The molecule has 2 aliphatic rings. The van der Waals surface area contributed by atoms with Gasteiger partial charge in [0.1, 0.15) is 0 Å². The summed E-state index contributed by atoms with van der Waals surface area (Å²) >= 11 is 0. The number of carbonyl (C=O) groups is 2. The number of likely N-dealkylation sites (tertiary alicyclic amines) is 1. The highest BCUT2D eigenvalue weighted by Crippen LogP contribution is 2.50. The summed E-state index contributed by atoms with van der Waals surface area (Å²) in [6.07, 6.45) is -0.0540. The van der Waals surface area contributed by atoms with E-state index >= 15 is 0 Å². The monoisotopic (exact) mass is 684 g/mol. The van der Waals surface area contributed by atoms with E-state index in [1.807, 2.05) is 10.7 Å². The molecule has 0 bridgehead atoms. The number of aromatic nitrogens is 3. The average Bonchev–Trinajstić information content (AvgIpc) is 3.65. The van der Waals surface area contributed by atoms with Gasteiger partial charge in [0.05, 0.1) is 39.3 Å². The third-order valence-corrected chi connectivity index (χ3v) is 8.67. The first-order valence-electron chi connectivity index (χ1n) is 15.0. The number of nitrogens with zero attached hydrogens (tertiary/aromatic N) is 4.